The van der Waals surface area contributed by atoms with E-state index >= 15 is 0 Å². The van der Waals surface area contributed by atoms with Crippen LogP contribution in [0.25, 0.3) is 0 Å². The lowest BCUT2D eigenvalue weighted by Gasteiger charge is -2.22. The Bertz CT molecular complexity index is 377. The molecule has 0 aliphatic carbocycles. The molecule has 1 fully saturated rings. The van der Waals surface area contributed by atoms with Gasteiger partial charge in [-0.1, -0.05) is 45.0 Å². The molecule has 1 aliphatic rings. The van der Waals surface area contributed by atoms with Gasteiger partial charge in [0.1, 0.15) is 0 Å². The van der Waals surface area contributed by atoms with Crippen molar-refractivity contribution in [3.63, 3.8) is 0 Å². The summed E-state index contributed by atoms with van der Waals surface area (Å²) < 4.78 is 5.89. The largest absolute Gasteiger partial charge is 0.373 e. The Hall–Kier alpha value is -0.860. The maximum absolute atomic E-state index is 5.89. The topological polar surface area (TPSA) is 21.3 Å². The molecule has 18 heavy (non-hydrogen) atoms. The Morgan fingerprint density at radius 3 is 2.44 bits per heavy atom. The quantitative estimate of drug-likeness (QED) is 0.885. The van der Waals surface area contributed by atoms with Gasteiger partial charge in [0.05, 0.1) is 6.10 Å². The molecule has 1 heterocycles. The zero-order chi connectivity index (χ0) is 13.2. The Morgan fingerprint density at radius 1 is 1.22 bits per heavy atom. The molecule has 1 aliphatic heterocycles. The van der Waals surface area contributed by atoms with E-state index in [1.165, 1.54) is 11.1 Å². The molecule has 2 rings (SSSR count). The van der Waals surface area contributed by atoms with Crippen LogP contribution in [0.15, 0.2) is 24.3 Å². The van der Waals surface area contributed by atoms with E-state index in [4.69, 9.17) is 4.74 Å². The summed E-state index contributed by atoms with van der Waals surface area (Å²) in [7, 11) is 2.01. The lowest BCUT2D eigenvalue weighted by atomic mass is 9.85. The lowest BCUT2D eigenvalue weighted by Crippen LogP contribution is -2.21. The molecular weight excluding hydrogens is 222 g/mol. The average Bonchev–Trinajstić information content (AvgIpc) is 2.77. The molecule has 0 amide bonds. The summed E-state index contributed by atoms with van der Waals surface area (Å²) in [5.41, 5.74) is 2.93. The highest BCUT2D eigenvalue weighted by atomic mass is 16.5. The maximum atomic E-state index is 5.89. The van der Waals surface area contributed by atoms with E-state index in [2.05, 4.69) is 50.4 Å². The van der Waals surface area contributed by atoms with E-state index in [0.29, 0.717) is 5.92 Å². The van der Waals surface area contributed by atoms with Crippen LogP contribution in [0.2, 0.25) is 0 Å². The van der Waals surface area contributed by atoms with Gasteiger partial charge < -0.3 is 10.1 Å². The van der Waals surface area contributed by atoms with Gasteiger partial charge in [0.25, 0.3) is 0 Å². The fourth-order valence-electron chi connectivity index (χ4n) is 2.65. The first-order valence-corrected chi connectivity index (χ1v) is 6.89. The van der Waals surface area contributed by atoms with E-state index in [9.17, 15) is 0 Å². The first-order chi connectivity index (χ1) is 8.52. The van der Waals surface area contributed by atoms with Crippen molar-refractivity contribution in [2.75, 3.05) is 20.2 Å². The molecule has 2 nitrogen and oxygen atoms in total. The van der Waals surface area contributed by atoms with Gasteiger partial charge in [-0.2, -0.15) is 0 Å². The minimum absolute atomic E-state index is 0.222. The van der Waals surface area contributed by atoms with E-state index in [0.717, 1.165) is 19.6 Å². The van der Waals surface area contributed by atoms with Crippen molar-refractivity contribution in [3.05, 3.63) is 35.4 Å². The van der Waals surface area contributed by atoms with Crippen LogP contribution < -0.4 is 5.32 Å². The normalized spacial score (nSPS) is 24.4. The van der Waals surface area contributed by atoms with Gasteiger partial charge in [-0.05, 0) is 30.0 Å². The van der Waals surface area contributed by atoms with Crippen LogP contribution in [-0.2, 0) is 10.2 Å². The SMILES string of the molecule is CNCC1CCOC1c1ccc(C(C)(C)C)cc1. The van der Waals surface area contributed by atoms with Gasteiger partial charge >= 0.3 is 0 Å². The van der Waals surface area contributed by atoms with Gasteiger partial charge in [0.2, 0.25) is 0 Å². The van der Waals surface area contributed by atoms with E-state index < -0.39 is 0 Å². The second-order valence-electron chi connectivity index (χ2n) is 6.27. The van der Waals surface area contributed by atoms with Crippen molar-refractivity contribution in [2.24, 2.45) is 5.92 Å². The Labute approximate surface area is 111 Å². The van der Waals surface area contributed by atoms with E-state index in [1.807, 2.05) is 7.05 Å². The number of hydrogen-bond donors (Lipinski definition) is 1. The van der Waals surface area contributed by atoms with Crippen LogP contribution >= 0.6 is 0 Å². The molecule has 1 N–H and O–H groups in total. The molecule has 0 bridgehead atoms. The van der Waals surface area contributed by atoms with Crippen molar-refractivity contribution in [3.8, 4) is 0 Å². The monoisotopic (exact) mass is 247 g/mol. The Morgan fingerprint density at radius 2 is 1.89 bits per heavy atom. The van der Waals surface area contributed by atoms with Gasteiger partial charge in [-0.15, -0.1) is 0 Å². The predicted octanol–water partition coefficient (Wildman–Crippen LogP) is 3.28. The number of rotatable bonds is 3. The molecule has 2 atom stereocenters. The summed E-state index contributed by atoms with van der Waals surface area (Å²) in [6.45, 7) is 8.66. The number of benzene rings is 1. The van der Waals surface area contributed by atoms with Crippen LogP contribution in [0.4, 0.5) is 0 Å². The molecule has 0 spiro atoms. The molecular formula is C16H25NO. The second kappa shape index (κ2) is 5.41. The smallest absolute Gasteiger partial charge is 0.0866 e. The summed E-state index contributed by atoms with van der Waals surface area (Å²) in [4.78, 5) is 0. The highest BCUT2D eigenvalue weighted by Gasteiger charge is 2.29. The van der Waals surface area contributed by atoms with Crippen LogP contribution in [0.5, 0.6) is 0 Å². The van der Waals surface area contributed by atoms with Gasteiger partial charge in [-0.25, -0.2) is 0 Å². The Balaban J connectivity index is 2.14. The minimum atomic E-state index is 0.222. The van der Waals surface area contributed by atoms with Crippen molar-refractivity contribution >= 4 is 0 Å². The first kappa shape index (κ1) is 13.6. The zero-order valence-corrected chi connectivity index (χ0v) is 12.0. The lowest BCUT2D eigenvalue weighted by molar-refractivity contribution is 0.0909. The zero-order valence-electron chi connectivity index (χ0n) is 12.0. The molecule has 2 unspecified atom stereocenters. The maximum Gasteiger partial charge on any atom is 0.0866 e. The second-order valence-corrected chi connectivity index (χ2v) is 6.27. The molecule has 1 aromatic carbocycles. The summed E-state index contributed by atoms with van der Waals surface area (Å²) in [6, 6.07) is 8.96. The summed E-state index contributed by atoms with van der Waals surface area (Å²) in [6.07, 6.45) is 1.43. The third kappa shape index (κ3) is 2.93. The van der Waals surface area contributed by atoms with Crippen molar-refractivity contribution in [1.82, 2.24) is 5.32 Å². The Kier molecular flexibility index (Phi) is 4.08. The van der Waals surface area contributed by atoms with Crippen LogP contribution in [0.1, 0.15) is 44.4 Å². The summed E-state index contributed by atoms with van der Waals surface area (Å²) in [5, 5.41) is 3.27. The summed E-state index contributed by atoms with van der Waals surface area (Å²) >= 11 is 0. The third-order valence-electron chi connectivity index (χ3n) is 3.79. The average molecular weight is 247 g/mol. The van der Waals surface area contributed by atoms with Gasteiger partial charge in [0, 0.05) is 19.1 Å². The molecule has 1 aromatic rings. The fraction of sp³-hybridized carbons (Fsp3) is 0.625. The molecule has 1 saturated heterocycles. The first-order valence-electron chi connectivity index (χ1n) is 6.89. The van der Waals surface area contributed by atoms with Crippen LogP contribution in [0.3, 0.4) is 0 Å². The molecule has 100 valence electrons. The molecule has 0 saturated carbocycles. The van der Waals surface area contributed by atoms with Crippen LogP contribution in [0, 0.1) is 5.92 Å². The minimum Gasteiger partial charge on any atom is -0.373 e. The van der Waals surface area contributed by atoms with E-state index in [-0.39, 0.29) is 11.5 Å². The highest BCUT2D eigenvalue weighted by Crippen LogP contribution is 2.35. The number of hydrogen-bond acceptors (Lipinski definition) is 2. The van der Waals surface area contributed by atoms with Gasteiger partial charge in [-0.3, -0.25) is 0 Å². The number of ether oxygens (including phenoxy) is 1. The standard InChI is InChI=1S/C16H25NO/c1-16(2,3)14-7-5-12(6-8-14)15-13(11-17-4)9-10-18-15/h5-8,13,15,17H,9-11H2,1-4H3. The predicted molar refractivity (Wildman–Crippen MR) is 75.9 cm³/mol. The van der Waals surface area contributed by atoms with Crippen LogP contribution in [-0.4, -0.2) is 20.2 Å². The van der Waals surface area contributed by atoms with Crippen molar-refractivity contribution in [1.29, 1.82) is 0 Å². The molecule has 2 heteroatoms. The van der Waals surface area contributed by atoms with Crippen molar-refractivity contribution < 1.29 is 4.74 Å². The fourth-order valence-corrected chi connectivity index (χ4v) is 2.65. The van der Waals surface area contributed by atoms with Gasteiger partial charge in [0.15, 0.2) is 0 Å². The highest BCUT2D eigenvalue weighted by molar-refractivity contribution is 5.29. The summed E-state index contributed by atoms with van der Waals surface area (Å²) in [5.74, 6) is 0.607. The molecule has 0 radical (unpaired) electrons. The molecule has 0 aromatic heterocycles. The number of nitrogens with one attached hydrogen (secondary N) is 1. The van der Waals surface area contributed by atoms with Crippen molar-refractivity contribution in [2.45, 2.75) is 38.7 Å². The third-order valence-corrected chi connectivity index (χ3v) is 3.79. The van der Waals surface area contributed by atoms with E-state index in [1.54, 1.807) is 0 Å².